The molecule has 0 bridgehead atoms. The number of pyridine rings is 1. The third kappa shape index (κ3) is 3.78. The summed E-state index contributed by atoms with van der Waals surface area (Å²) in [6.45, 7) is 6.77. The van der Waals surface area contributed by atoms with Crippen LogP contribution in [-0.2, 0) is 13.1 Å². The summed E-state index contributed by atoms with van der Waals surface area (Å²) in [5.74, 6) is 0. The predicted octanol–water partition coefficient (Wildman–Crippen LogP) is 2.79. The topological polar surface area (TPSA) is 42.7 Å². The van der Waals surface area contributed by atoms with Crippen molar-refractivity contribution in [3.63, 3.8) is 0 Å². The van der Waals surface area contributed by atoms with E-state index in [0.717, 1.165) is 30.8 Å². The summed E-state index contributed by atoms with van der Waals surface area (Å²) in [6.07, 6.45) is 6.63. The zero-order valence-corrected chi connectivity index (χ0v) is 12.1. The zero-order chi connectivity index (χ0) is 13.7. The quantitative estimate of drug-likeness (QED) is 0.826. The molecule has 2 heterocycles. The maximum Gasteiger partial charge on any atom is 0.0675 e. The molecule has 0 unspecified atom stereocenters. The van der Waals surface area contributed by atoms with Crippen LogP contribution in [-0.4, -0.2) is 21.3 Å². The number of aromatic nitrogens is 3. The largest absolute Gasteiger partial charge is 0.313 e. The number of hydrogen-bond acceptors (Lipinski definition) is 3. The maximum absolute atomic E-state index is 6.11. The third-order valence-electron chi connectivity index (χ3n) is 2.98. The lowest BCUT2D eigenvalue weighted by atomic mass is 10.2. The fraction of sp³-hybridized carbons (Fsp3) is 0.429. The van der Waals surface area contributed by atoms with Gasteiger partial charge in [0, 0.05) is 30.7 Å². The van der Waals surface area contributed by atoms with E-state index >= 15 is 0 Å². The van der Waals surface area contributed by atoms with Crippen molar-refractivity contribution in [2.24, 2.45) is 0 Å². The van der Waals surface area contributed by atoms with Gasteiger partial charge in [-0.25, -0.2) is 0 Å². The summed E-state index contributed by atoms with van der Waals surface area (Å²) in [4.78, 5) is 3.99. The average molecular weight is 279 g/mol. The summed E-state index contributed by atoms with van der Waals surface area (Å²) in [6, 6.07) is 1.92. The van der Waals surface area contributed by atoms with Gasteiger partial charge in [0.2, 0.25) is 0 Å². The van der Waals surface area contributed by atoms with Crippen LogP contribution in [0.2, 0.25) is 5.02 Å². The van der Waals surface area contributed by atoms with E-state index in [2.05, 4.69) is 28.5 Å². The summed E-state index contributed by atoms with van der Waals surface area (Å²) >= 11 is 6.11. The first-order valence-electron chi connectivity index (χ1n) is 6.52. The lowest BCUT2D eigenvalue weighted by Gasteiger charge is -2.03. The maximum atomic E-state index is 6.11. The van der Waals surface area contributed by atoms with Crippen LogP contribution < -0.4 is 5.32 Å². The minimum atomic E-state index is 0.677. The number of halogens is 1. The lowest BCUT2D eigenvalue weighted by molar-refractivity contribution is 0.668. The number of hydrogen-bond donors (Lipinski definition) is 1. The van der Waals surface area contributed by atoms with Crippen LogP contribution in [0.1, 0.15) is 30.2 Å². The molecule has 0 aliphatic rings. The van der Waals surface area contributed by atoms with E-state index in [4.69, 9.17) is 11.6 Å². The van der Waals surface area contributed by atoms with Crippen LogP contribution >= 0.6 is 11.6 Å². The molecule has 1 N–H and O–H groups in total. The third-order valence-corrected chi connectivity index (χ3v) is 3.32. The molecule has 0 amide bonds. The fourth-order valence-electron chi connectivity index (χ4n) is 1.92. The lowest BCUT2D eigenvalue weighted by Crippen LogP contribution is -2.13. The molecule has 19 heavy (non-hydrogen) atoms. The second-order valence-electron chi connectivity index (χ2n) is 4.58. The van der Waals surface area contributed by atoms with E-state index in [-0.39, 0.29) is 0 Å². The minimum Gasteiger partial charge on any atom is -0.313 e. The van der Waals surface area contributed by atoms with Crippen molar-refractivity contribution in [3.8, 4) is 0 Å². The Morgan fingerprint density at radius 3 is 2.95 bits per heavy atom. The Balaban J connectivity index is 2.06. The zero-order valence-electron chi connectivity index (χ0n) is 11.4. The predicted molar refractivity (Wildman–Crippen MR) is 77.3 cm³/mol. The van der Waals surface area contributed by atoms with E-state index in [1.165, 1.54) is 5.56 Å². The highest BCUT2D eigenvalue weighted by Crippen LogP contribution is 2.15. The molecule has 0 spiro atoms. The smallest absolute Gasteiger partial charge is 0.0675 e. The number of nitrogens with zero attached hydrogens (tertiary/aromatic N) is 3. The van der Waals surface area contributed by atoms with Crippen LogP contribution in [0.15, 0.2) is 24.7 Å². The summed E-state index contributed by atoms with van der Waals surface area (Å²) in [5.41, 5.74) is 3.33. The van der Waals surface area contributed by atoms with E-state index in [1.807, 2.05) is 17.7 Å². The number of rotatable bonds is 6. The van der Waals surface area contributed by atoms with Gasteiger partial charge in [0.15, 0.2) is 0 Å². The molecule has 0 aliphatic carbocycles. The van der Waals surface area contributed by atoms with Gasteiger partial charge >= 0.3 is 0 Å². The molecule has 2 aromatic heterocycles. The van der Waals surface area contributed by atoms with Crippen LogP contribution in [0.3, 0.4) is 0 Å². The first-order chi connectivity index (χ1) is 9.20. The summed E-state index contributed by atoms with van der Waals surface area (Å²) < 4.78 is 1.93. The van der Waals surface area contributed by atoms with E-state index in [0.29, 0.717) is 11.6 Å². The molecule has 0 saturated carbocycles. The Bertz CT molecular complexity index is 536. The van der Waals surface area contributed by atoms with Gasteiger partial charge in [0.1, 0.15) is 0 Å². The van der Waals surface area contributed by atoms with Gasteiger partial charge < -0.3 is 5.32 Å². The van der Waals surface area contributed by atoms with Gasteiger partial charge in [0.25, 0.3) is 0 Å². The molecule has 102 valence electrons. The van der Waals surface area contributed by atoms with Crippen molar-refractivity contribution in [3.05, 3.63) is 46.5 Å². The molecule has 0 aliphatic heterocycles. The summed E-state index contributed by atoms with van der Waals surface area (Å²) in [5, 5.41) is 8.60. The molecular formula is C14H19ClN4. The Morgan fingerprint density at radius 1 is 1.37 bits per heavy atom. The second kappa shape index (κ2) is 6.68. The molecule has 0 fully saturated rings. The minimum absolute atomic E-state index is 0.677. The molecule has 0 atom stereocenters. The molecular weight excluding hydrogens is 260 g/mol. The molecule has 0 radical (unpaired) electrons. The van der Waals surface area contributed by atoms with E-state index in [9.17, 15) is 0 Å². The van der Waals surface area contributed by atoms with Gasteiger partial charge in [0.05, 0.1) is 17.3 Å². The van der Waals surface area contributed by atoms with Crippen LogP contribution in [0.4, 0.5) is 0 Å². The Morgan fingerprint density at radius 2 is 2.21 bits per heavy atom. The molecule has 4 nitrogen and oxygen atoms in total. The molecule has 2 rings (SSSR count). The van der Waals surface area contributed by atoms with Crippen LogP contribution in [0, 0.1) is 6.92 Å². The van der Waals surface area contributed by atoms with Crippen molar-refractivity contribution in [2.75, 3.05) is 6.54 Å². The van der Waals surface area contributed by atoms with E-state index in [1.54, 1.807) is 12.4 Å². The first-order valence-corrected chi connectivity index (χ1v) is 6.90. The molecule has 0 saturated heterocycles. The van der Waals surface area contributed by atoms with Gasteiger partial charge in [-0.15, -0.1) is 0 Å². The Labute approximate surface area is 118 Å². The van der Waals surface area contributed by atoms with Crippen molar-refractivity contribution in [1.82, 2.24) is 20.1 Å². The van der Waals surface area contributed by atoms with Crippen molar-refractivity contribution < 1.29 is 0 Å². The van der Waals surface area contributed by atoms with Gasteiger partial charge in [-0.1, -0.05) is 18.5 Å². The van der Waals surface area contributed by atoms with Crippen LogP contribution in [0.5, 0.6) is 0 Å². The monoisotopic (exact) mass is 278 g/mol. The average Bonchev–Trinajstić information content (AvgIpc) is 2.73. The Kier molecular flexibility index (Phi) is 4.93. The van der Waals surface area contributed by atoms with E-state index < -0.39 is 0 Å². The van der Waals surface area contributed by atoms with Gasteiger partial charge in [-0.3, -0.25) is 9.67 Å². The highest BCUT2D eigenvalue weighted by atomic mass is 35.5. The molecule has 2 aromatic rings. The van der Waals surface area contributed by atoms with Gasteiger partial charge in [-0.2, -0.15) is 5.10 Å². The fourth-order valence-corrected chi connectivity index (χ4v) is 2.10. The van der Waals surface area contributed by atoms with Gasteiger partial charge in [-0.05, 0) is 31.5 Å². The first kappa shape index (κ1) is 14.0. The highest BCUT2D eigenvalue weighted by Gasteiger charge is 2.06. The normalized spacial score (nSPS) is 10.9. The van der Waals surface area contributed by atoms with Crippen molar-refractivity contribution >= 4 is 11.6 Å². The Hall–Kier alpha value is -1.39. The molecule has 0 aromatic carbocycles. The number of nitrogens with one attached hydrogen (secondary N) is 1. The SMILES string of the molecule is CCCNCc1cn(Cc2ccncc2Cl)nc1C. The highest BCUT2D eigenvalue weighted by molar-refractivity contribution is 6.31. The second-order valence-corrected chi connectivity index (χ2v) is 4.99. The molecule has 5 heteroatoms. The number of aryl methyl sites for hydroxylation is 1. The standard InChI is InChI=1S/C14H19ClN4/c1-3-5-16-7-13-10-19(18-11(13)2)9-12-4-6-17-8-14(12)15/h4,6,8,10,16H,3,5,7,9H2,1-2H3. The van der Waals surface area contributed by atoms with Crippen LogP contribution in [0.25, 0.3) is 0 Å². The van der Waals surface area contributed by atoms with Crippen molar-refractivity contribution in [2.45, 2.75) is 33.4 Å². The van der Waals surface area contributed by atoms with Crippen molar-refractivity contribution in [1.29, 1.82) is 0 Å². The summed E-state index contributed by atoms with van der Waals surface area (Å²) in [7, 11) is 0.